The maximum atomic E-state index is 4.28. The van der Waals surface area contributed by atoms with E-state index < -0.39 is 0 Å². The van der Waals surface area contributed by atoms with Gasteiger partial charge in [0.15, 0.2) is 0 Å². The Morgan fingerprint density at radius 2 is 2.28 bits per heavy atom. The Morgan fingerprint density at radius 1 is 1.33 bits per heavy atom. The monoisotopic (exact) mass is 238 g/mol. The molecule has 4 heteroatoms. The summed E-state index contributed by atoms with van der Waals surface area (Å²) in [5.74, 6) is 0. The van der Waals surface area contributed by atoms with Gasteiger partial charge in [-0.15, -0.1) is 0 Å². The normalized spacial score (nSPS) is 10.7. The first-order valence-corrected chi connectivity index (χ1v) is 5.89. The highest BCUT2D eigenvalue weighted by Gasteiger charge is 2.03. The molecule has 3 heterocycles. The second kappa shape index (κ2) is 4.49. The highest BCUT2D eigenvalue weighted by Crippen LogP contribution is 2.17. The second-order valence-corrected chi connectivity index (χ2v) is 4.32. The van der Waals surface area contributed by atoms with E-state index in [1.807, 2.05) is 31.6 Å². The Hall–Kier alpha value is -2.36. The largest absolute Gasteiger partial charge is 0.380 e. The maximum Gasteiger partial charge on any atom is 0.137 e. The summed E-state index contributed by atoms with van der Waals surface area (Å²) in [4.78, 5) is 11.6. The molecule has 0 amide bonds. The topological polar surface area (TPSA) is 53.6 Å². The molecule has 2 N–H and O–H groups in total. The molecule has 0 bridgehead atoms. The van der Waals surface area contributed by atoms with Gasteiger partial charge in [-0.2, -0.15) is 0 Å². The molecule has 0 radical (unpaired) electrons. The summed E-state index contributed by atoms with van der Waals surface area (Å²) < 4.78 is 0. The van der Waals surface area contributed by atoms with Crippen LogP contribution in [0.3, 0.4) is 0 Å². The number of pyridine rings is 2. The summed E-state index contributed by atoms with van der Waals surface area (Å²) in [6.07, 6.45) is 7.47. The van der Waals surface area contributed by atoms with E-state index in [2.05, 4.69) is 32.4 Å². The molecule has 0 atom stereocenters. The molecule has 90 valence electrons. The van der Waals surface area contributed by atoms with Crippen molar-refractivity contribution in [1.29, 1.82) is 0 Å². The van der Waals surface area contributed by atoms with Crippen LogP contribution in [0.25, 0.3) is 11.0 Å². The van der Waals surface area contributed by atoms with Gasteiger partial charge in [-0.1, -0.05) is 0 Å². The lowest BCUT2D eigenvalue weighted by Crippen LogP contribution is -1.99. The van der Waals surface area contributed by atoms with Crippen molar-refractivity contribution in [2.75, 3.05) is 5.32 Å². The molecule has 0 spiro atoms. The molecule has 0 aromatic carbocycles. The molecule has 0 saturated heterocycles. The van der Waals surface area contributed by atoms with Crippen LogP contribution in [0.5, 0.6) is 0 Å². The Kier molecular flexibility index (Phi) is 2.68. The lowest BCUT2D eigenvalue weighted by molar-refractivity contribution is 1.14. The third kappa shape index (κ3) is 2.05. The van der Waals surface area contributed by atoms with Gasteiger partial charge < -0.3 is 10.3 Å². The van der Waals surface area contributed by atoms with Crippen molar-refractivity contribution in [2.45, 2.75) is 13.5 Å². The molecule has 3 aromatic heterocycles. The Labute approximate surface area is 105 Å². The molecule has 3 aromatic rings. The predicted molar refractivity (Wildman–Crippen MR) is 72.4 cm³/mol. The predicted octanol–water partition coefficient (Wildman–Crippen LogP) is 2.88. The van der Waals surface area contributed by atoms with Crippen molar-refractivity contribution in [2.24, 2.45) is 0 Å². The lowest BCUT2D eigenvalue weighted by atomic mass is 10.2. The number of hydrogen-bond donors (Lipinski definition) is 2. The number of aromatic nitrogens is 3. The van der Waals surface area contributed by atoms with Gasteiger partial charge in [0.25, 0.3) is 0 Å². The first kappa shape index (κ1) is 10.8. The highest BCUT2D eigenvalue weighted by molar-refractivity contribution is 5.79. The first-order valence-electron chi connectivity index (χ1n) is 5.89. The van der Waals surface area contributed by atoms with Crippen LogP contribution < -0.4 is 5.32 Å². The summed E-state index contributed by atoms with van der Waals surface area (Å²) in [6.45, 7) is 2.80. The van der Waals surface area contributed by atoms with Crippen LogP contribution in [0.4, 0.5) is 5.69 Å². The van der Waals surface area contributed by atoms with Crippen LogP contribution in [0, 0.1) is 6.92 Å². The van der Waals surface area contributed by atoms with E-state index in [1.54, 1.807) is 6.20 Å². The van der Waals surface area contributed by atoms with Crippen molar-refractivity contribution >= 4 is 16.7 Å². The number of aromatic amines is 1. The van der Waals surface area contributed by atoms with Crippen LogP contribution in [0.1, 0.15) is 11.1 Å². The van der Waals surface area contributed by atoms with Crippen LogP contribution in [0.2, 0.25) is 0 Å². The van der Waals surface area contributed by atoms with Crippen LogP contribution in [-0.4, -0.2) is 15.0 Å². The van der Waals surface area contributed by atoms with E-state index in [0.29, 0.717) is 0 Å². The SMILES string of the molecule is Cc1cncc(NCc2c[nH]c3ncccc23)c1. The van der Waals surface area contributed by atoms with Gasteiger partial charge in [0.2, 0.25) is 0 Å². The van der Waals surface area contributed by atoms with Gasteiger partial charge >= 0.3 is 0 Å². The Morgan fingerprint density at radius 3 is 3.17 bits per heavy atom. The molecule has 0 saturated carbocycles. The number of nitrogens with one attached hydrogen (secondary N) is 2. The molecule has 4 nitrogen and oxygen atoms in total. The summed E-state index contributed by atoms with van der Waals surface area (Å²) >= 11 is 0. The number of fused-ring (bicyclic) bond motifs is 1. The van der Waals surface area contributed by atoms with Gasteiger partial charge in [-0.3, -0.25) is 4.98 Å². The van der Waals surface area contributed by atoms with Gasteiger partial charge in [-0.05, 0) is 36.2 Å². The summed E-state index contributed by atoms with van der Waals surface area (Å²) in [6, 6.07) is 6.11. The van der Waals surface area contributed by atoms with Crippen molar-refractivity contribution < 1.29 is 0 Å². The molecule has 0 unspecified atom stereocenters. The zero-order valence-electron chi connectivity index (χ0n) is 10.1. The summed E-state index contributed by atoms with van der Waals surface area (Å²) in [5.41, 5.74) is 4.32. The van der Waals surface area contributed by atoms with Gasteiger partial charge in [0.1, 0.15) is 5.65 Å². The average Bonchev–Trinajstić information content (AvgIpc) is 2.80. The standard InChI is InChI=1S/C14H14N4/c1-10-5-12(9-15-6-10)17-7-11-8-18-14-13(11)3-2-4-16-14/h2-6,8-9,17H,7H2,1H3,(H,16,18). The molecular weight excluding hydrogens is 224 g/mol. The zero-order valence-corrected chi connectivity index (χ0v) is 10.1. The zero-order chi connectivity index (χ0) is 12.4. The summed E-state index contributed by atoms with van der Waals surface area (Å²) in [5, 5.41) is 4.53. The van der Waals surface area contributed by atoms with Crippen molar-refractivity contribution in [3.63, 3.8) is 0 Å². The van der Waals surface area contributed by atoms with E-state index in [4.69, 9.17) is 0 Å². The number of aryl methyl sites for hydroxylation is 1. The molecule has 18 heavy (non-hydrogen) atoms. The van der Waals surface area contributed by atoms with Gasteiger partial charge in [0.05, 0.1) is 5.69 Å². The third-order valence-corrected chi connectivity index (χ3v) is 2.89. The van der Waals surface area contributed by atoms with E-state index in [0.717, 1.165) is 28.8 Å². The molecule has 0 fully saturated rings. The smallest absolute Gasteiger partial charge is 0.137 e. The average molecular weight is 238 g/mol. The van der Waals surface area contributed by atoms with E-state index >= 15 is 0 Å². The minimum atomic E-state index is 0.761. The van der Waals surface area contributed by atoms with Gasteiger partial charge in [-0.25, -0.2) is 4.98 Å². The van der Waals surface area contributed by atoms with Crippen LogP contribution in [0.15, 0.2) is 43.0 Å². The van der Waals surface area contributed by atoms with E-state index in [-0.39, 0.29) is 0 Å². The Balaban J connectivity index is 1.81. The van der Waals surface area contributed by atoms with Crippen molar-refractivity contribution in [3.8, 4) is 0 Å². The fourth-order valence-electron chi connectivity index (χ4n) is 2.01. The number of nitrogens with zero attached hydrogens (tertiary/aromatic N) is 2. The number of H-pyrrole nitrogens is 1. The fraction of sp³-hybridized carbons (Fsp3) is 0.143. The number of hydrogen-bond acceptors (Lipinski definition) is 3. The Bertz CT molecular complexity index is 672. The highest BCUT2D eigenvalue weighted by atomic mass is 14.9. The molecule has 0 aliphatic carbocycles. The van der Waals surface area contributed by atoms with Crippen molar-refractivity contribution in [3.05, 3.63) is 54.1 Å². The molecule has 0 aliphatic rings. The molecular formula is C14H14N4. The van der Waals surface area contributed by atoms with Crippen molar-refractivity contribution in [1.82, 2.24) is 15.0 Å². The number of rotatable bonds is 3. The first-order chi connectivity index (χ1) is 8.83. The minimum absolute atomic E-state index is 0.761. The lowest BCUT2D eigenvalue weighted by Gasteiger charge is -2.05. The minimum Gasteiger partial charge on any atom is -0.380 e. The summed E-state index contributed by atoms with van der Waals surface area (Å²) in [7, 11) is 0. The quantitative estimate of drug-likeness (QED) is 0.737. The third-order valence-electron chi connectivity index (χ3n) is 2.89. The van der Waals surface area contributed by atoms with Crippen LogP contribution in [-0.2, 0) is 6.54 Å². The number of anilines is 1. The maximum absolute atomic E-state index is 4.28. The molecule has 0 aliphatic heterocycles. The van der Waals surface area contributed by atoms with E-state index in [1.165, 1.54) is 5.56 Å². The second-order valence-electron chi connectivity index (χ2n) is 4.32. The van der Waals surface area contributed by atoms with Gasteiger partial charge in [0, 0.05) is 36.7 Å². The van der Waals surface area contributed by atoms with Crippen LogP contribution >= 0.6 is 0 Å². The molecule has 3 rings (SSSR count). The fourth-order valence-corrected chi connectivity index (χ4v) is 2.01. The van der Waals surface area contributed by atoms with E-state index in [9.17, 15) is 0 Å².